The van der Waals surface area contributed by atoms with Gasteiger partial charge in [0, 0.05) is 24.0 Å². The van der Waals surface area contributed by atoms with E-state index < -0.39 is 0 Å². The number of carbonyl (C=O) groups is 1. The molecular weight excluding hydrogens is 352 g/mol. The van der Waals surface area contributed by atoms with E-state index in [0.29, 0.717) is 41.7 Å². The Kier molecular flexibility index (Phi) is 7.11. The SMILES string of the molecule is COc1cc(Br)ccc1C(=O)N(CCC(N)=S)CC(C)C. The Morgan fingerprint density at radius 3 is 2.67 bits per heavy atom. The number of amides is 1. The Balaban J connectivity index is 3.00. The molecule has 0 unspecified atom stereocenters. The van der Waals surface area contributed by atoms with E-state index in [4.69, 9.17) is 22.7 Å². The third-order valence-corrected chi connectivity index (χ3v) is 3.59. The smallest absolute Gasteiger partial charge is 0.257 e. The summed E-state index contributed by atoms with van der Waals surface area (Å²) in [4.78, 5) is 14.9. The van der Waals surface area contributed by atoms with Crippen LogP contribution in [0.2, 0.25) is 0 Å². The van der Waals surface area contributed by atoms with Crippen LogP contribution in [0.25, 0.3) is 0 Å². The number of benzene rings is 1. The van der Waals surface area contributed by atoms with Crippen molar-refractivity contribution in [3.8, 4) is 5.75 Å². The Labute approximate surface area is 139 Å². The van der Waals surface area contributed by atoms with Gasteiger partial charge in [0.05, 0.1) is 17.7 Å². The summed E-state index contributed by atoms with van der Waals surface area (Å²) in [6, 6.07) is 5.38. The molecule has 0 bridgehead atoms. The molecule has 0 saturated carbocycles. The van der Waals surface area contributed by atoms with E-state index in [9.17, 15) is 4.79 Å². The van der Waals surface area contributed by atoms with Crippen molar-refractivity contribution in [1.29, 1.82) is 0 Å². The minimum absolute atomic E-state index is 0.0655. The van der Waals surface area contributed by atoms with Crippen molar-refractivity contribution in [2.75, 3.05) is 20.2 Å². The van der Waals surface area contributed by atoms with Gasteiger partial charge in [-0.05, 0) is 24.1 Å². The maximum Gasteiger partial charge on any atom is 0.257 e. The summed E-state index contributed by atoms with van der Waals surface area (Å²) < 4.78 is 6.17. The number of hydrogen-bond acceptors (Lipinski definition) is 3. The number of hydrogen-bond donors (Lipinski definition) is 1. The van der Waals surface area contributed by atoms with E-state index in [1.165, 1.54) is 0 Å². The van der Waals surface area contributed by atoms with Gasteiger partial charge in [0.1, 0.15) is 5.75 Å². The van der Waals surface area contributed by atoms with Gasteiger partial charge in [-0.1, -0.05) is 42.0 Å². The molecule has 0 spiro atoms. The van der Waals surface area contributed by atoms with Gasteiger partial charge in [-0.3, -0.25) is 4.79 Å². The minimum Gasteiger partial charge on any atom is -0.496 e. The highest BCUT2D eigenvalue weighted by Gasteiger charge is 2.20. The van der Waals surface area contributed by atoms with Crippen molar-refractivity contribution in [2.45, 2.75) is 20.3 Å². The van der Waals surface area contributed by atoms with Crippen LogP contribution in [-0.4, -0.2) is 36.0 Å². The first-order valence-corrected chi connectivity index (χ1v) is 7.96. The summed E-state index contributed by atoms with van der Waals surface area (Å²) in [5, 5.41) is 0. The molecule has 21 heavy (non-hydrogen) atoms. The van der Waals surface area contributed by atoms with Crippen molar-refractivity contribution in [3.05, 3.63) is 28.2 Å². The maximum absolute atomic E-state index is 12.7. The third kappa shape index (κ3) is 5.63. The predicted octanol–water partition coefficient (Wildman–Crippen LogP) is 3.23. The van der Waals surface area contributed by atoms with Gasteiger partial charge in [-0.15, -0.1) is 0 Å². The normalized spacial score (nSPS) is 10.5. The molecule has 0 aromatic heterocycles. The molecule has 0 fully saturated rings. The fourth-order valence-corrected chi connectivity index (χ4v) is 2.41. The monoisotopic (exact) mass is 372 g/mol. The van der Waals surface area contributed by atoms with Crippen LogP contribution in [0.3, 0.4) is 0 Å². The summed E-state index contributed by atoms with van der Waals surface area (Å²) in [6.45, 7) is 5.31. The number of nitrogens with two attached hydrogens (primary N) is 1. The molecule has 1 aromatic rings. The van der Waals surface area contributed by atoms with Crippen molar-refractivity contribution in [2.24, 2.45) is 11.7 Å². The third-order valence-electron chi connectivity index (χ3n) is 2.89. The Morgan fingerprint density at radius 1 is 1.48 bits per heavy atom. The fraction of sp³-hybridized carbons (Fsp3) is 0.467. The molecule has 0 aliphatic carbocycles. The number of halogens is 1. The first kappa shape index (κ1) is 17.9. The second kappa shape index (κ2) is 8.34. The topological polar surface area (TPSA) is 55.6 Å². The first-order valence-electron chi connectivity index (χ1n) is 6.76. The van der Waals surface area contributed by atoms with Gasteiger partial charge >= 0.3 is 0 Å². The second-order valence-corrected chi connectivity index (χ2v) is 6.65. The maximum atomic E-state index is 12.7. The van der Waals surface area contributed by atoms with E-state index >= 15 is 0 Å². The van der Waals surface area contributed by atoms with Gasteiger partial charge < -0.3 is 15.4 Å². The van der Waals surface area contributed by atoms with Crippen LogP contribution in [-0.2, 0) is 0 Å². The van der Waals surface area contributed by atoms with Crippen molar-refractivity contribution < 1.29 is 9.53 Å². The quantitative estimate of drug-likeness (QED) is 0.746. The van der Waals surface area contributed by atoms with Gasteiger partial charge in [0.2, 0.25) is 0 Å². The number of nitrogens with zero attached hydrogens (tertiary/aromatic N) is 1. The molecule has 0 saturated heterocycles. The molecule has 0 radical (unpaired) electrons. The lowest BCUT2D eigenvalue weighted by Gasteiger charge is -2.25. The Hall–Kier alpha value is -1.14. The zero-order valence-corrected chi connectivity index (χ0v) is 15.0. The molecule has 1 aromatic carbocycles. The summed E-state index contributed by atoms with van der Waals surface area (Å²) >= 11 is 8.28. The Morgan fingerprint density at radius 2 is 2.14 bits per heavy atom. The number of rotatable bonds is 7. The van der Waals surface area contributed by atoms with E-state index in [1.807, 2.05) is 6.07 Å². The van der Waals surface area contributed by atoms with Crippen LogP contribution in [0.5, 0.6) is 5.75 Å². The summed E-state index contributed by atoms with van der Waals surface area (Å²) in [6.07, 6.45) is 0.520. The lowest BCUT2D eigenvalue weighted by molar-refractivity contribution is 0.0737. The molecule has 4 nitrogen and oxygen atoms in total. The van der Waals surface area contributed by atoms with Crippen LogP contribution in [0.4, 0.5) is 0 Å². The number of thiocarbonyl (C=S) groups is 1. The van der Waals surface area contributed by atoms with Crippen LogP contribution in [0, 0.1) is 5.92 Å². The molecule has 2 N–H and O–H groups in total. The zero-order chi connectivity index (χ0) is 16.0. The average molecular weight is 373 g/mol. The molecule has 6 heteroatoms. The van der Waals surface area contributed by atoms with Crippen molar-refractivity contribution in [3.63, 3.8) is 0 Å². The molecular formula is C15H21BrN2O2S. The number of methoxy groups -OCH3 is 1. The molecule has 0 aliphatic heterocycles. The first-order chi connectivity index (χ1) is 9.85. The van der Waals surface area contributed by atoms with Crippen LogP contribution in [0.1, 0.15) is 30.6 Å². The van der Waals surface area contributed by atoms with Crippen molar-refractivity contribution in [1.82, 2.24) is 4.90 Å². The highest BCUT2D eigenvalue weighted by Crippen LogP contribution is 2.25. The molecule has 1 amide bonds. The van der Waals surface area contributed by atoms with Gasteiger partial charge in [0.15, 0.2) is 0 Å². The minimum atomic E-state index is -0.0655. The van der Waals surface area contributed by atoms with E-state index in [2.05, 4.69) is 29.8 Å². The summed E-state index contributed by atoms with van der Waals surface area (Å²) in [7, 11) is 1.56. The number of carbonyl (C=O) groups excluding carboxylic acids is 1. The van der Waals surface area contributed by atoms with E-state index in [-0.39, 0.29) is 5.91 Å². The summed E-state index contributed by atoms with van der Waals surface area (Å²) in [5.74, 6) is 0.851. The predicted molar refractivity (Wildman–Crippen MR) is 92.8 cm³/mol. The van der Waals surface area contributed by atoms with Crippen LogP contribution >= 0.6 is 28.1 Å². The van der Waals surface area contributed by atoms with Gasteiger partial charge in [0.25, 0.3) is 5.91 Å². The molecule has 0 heterocycles. The van der Waals surface area contributed by atoms with Gasteiger partial charge in [-0.2, -0.15) is 0 Å². The summed E-state index contributed by atoms with van der Waals surface area (Å²) in [5.41, 5.74) is 6.09. The van der Waals surface area contributed by atoms with Crippen LogP contribution < -0.4 is 10.5 Å². The van der Waals surface area contributed by atoms with E-state index in [1.54, 1.807) is 24.1 Å². The highest BCUT2D eigenvalue weighted by molar-refractivity contribution is 9.10. The second-order valence-electron chi connectivity index (χ2n) is 5.21. The highest BCUT2D eigenvalue weighted by atomic mass is 79.9. The standard InChI is InChI=1S/C15H21BrN2O2S/c1-10(2)9-18(7-6-14(17)21)15(19)12-5-4-11(16)8-13(12)20-3/h4-5,8,10H,6-7,9H2,1-3H3,(H2,17,21). The van der Waals surface area contributed by atoms with E-state index in [0.717, 1.165) is 4.47 Å². The average Bonchev–Trinajstić information content (AvgIpc) is 2.42. The molecule has 0 atom stereocenters. The van der Waals surface area contributed by atoms with Crippen molar-refractivity contribution >= 4 is 39.0 Å². The molecule has 116 valence electrons. The molecule has 1 rings (SSSR count). The fourth-order valence-electron chi connectivity index (χ4n) is 1.97. The number of ether oxygens (including phenoxy) is 1. The lowest BCUT2D eigenvalue weighted by atomic mass is 10.1. The lowest BCUT2D eigenvalue weighted by Crippen LogP contribution is -2.36. The van der Waals surface area contributed by atoms with Crippen LogP contribution in [0.15, 0.2) is 22.7 Å². The zero-order valence-electron chi connectivity index (χ0n) is 12.6. The Bertz CT molecular complexity index is 520. The van der Waals surface area contributed by atoms with Gasteiger partial charge in [-0.25, -0.2) is 0 Å². The molecule has 0 aliphatic rings. The largest absolute Gasteiger partial charge is 0.496 e.